The summed E-state index contributed by atoms with van der Waals surface area (Å²) in [4.78, 5) is 15.2. The van der Waals surface area contributed by atoms with Crippen molar-refractivity contribution in [1.29, 1.82) is 5.26 Å². The predicted octanol–water partition coefficient (Wildman–Crippen LogP) is 2.76. The van der Waals surface area contributed by atoms with Crippen LogP contribution in [0.4, 0.5) is 5.69 Å². The maximum absolute atomic E-state index is 12.8. The minimum atomic E-state index is -1.09. The molecule has 2 aromatic carbocycles. The number of anilines is 1. The second kappa shape index (κ2) is 14.2. The Kier molecular flexibility index (Phi) is 10.4. The lowest BCUT2D eigenvalue weighted by Gasteiger charge is -2.36. The summed E-state index contributed by atoms with van der Waals surface area (Å²) in [6.07, 6.45) is 2.09. The molecule has 1 aromatic heterocycles. The van der Waals surface area contributed by atoms with E-state index in [1.807, 2.05) is 24.3 Å². The van der Waals surface area contributed by atoms with E-state index in [-0.39, 0.29) is 25.1 Å². The molecule has 0 unspecified atom stereocenters. The van der Waals surface area contributed by atoms with Crippen LogP contribution in [0.15, 0.2) is 48.2 Å². The van der Waals surface area contributed by atoms with Gasteiger partial charge in [-0.05, 0) is 53.5 Å². The van der Waals surface area contributed by atoms with Crippen LogP contribution in [0, 0.1) is 11.3 Å². The zero-order chi connectivity index (χ0) is 29.4. The summed E-state index contributed by atoms with van der Waals surface area (Å²) < 4.78 is 12.3. The highest BCUT2D eigenvalue weighted by atomic mass is 16.7. The Labute approximate surface area is 240 Å². The third-order valence-electron chi connectivity index (χ3n) is 7.06. The molecule has 4 atom stereocenters. The molecule has 1 aliphatic rings. The van der Waals surface area contributed by atoms with Crippen LogP contribution in [0.25, 0.3) is 16.8 Å². The first kappa shape index (κ1) is 30.1. The Balaban J connectivity index is 1.38. The average Bonchev–Trinajstić information content (AvgIpc) is 3.43. The number of hydrogen-bond donors (Lipinski definition) is 3. The molecule has 11 nitrogen and oxygen atoms in total. The van der Waals surface area contributed by atoms with Gasteiger partial charge in [0.1, 0.15) is 29.5 Å². The topological polar surface area (TPSA) is 146 Å². The van der Waals surface area contributed by atoms with Gasteiger partial charge in [0, 0.05) is 32.3 Å². The summed E-state index contributed by atoms with van der Waals surface area (Å²) in [5.74, 6) is -0.524. The monoisotopic (exact) mass is 562 g/mol. The van der Waals surface area contributed by atoms with Gasteiger partial charge in [-0.1, -0.05) is 37.3 Å². The number of benzene rings is 2. The molecule has 1 amide bonds. The molecule has 0 bridgehead atoms. The quantitative estimate of drug-likeness (QED) is 0.224. The van der Waals surface area contributed by atoms with Gasteiger partial charge >= 0.3 is 0 Å². The summed E-state index contributed by atoms with van der Waals surface area (Å²) >= 11 is 0. The minimum Gasteiger partial charge on any atom is -0.390 e. The number of nitrogens with zero attached hydrogens (tertiary/aromatic N) is 5. The summed E-state index contributed by atoms with van der Waals surface area (Å²) in [6, 6.07) is 14.2. The van der Waals surface area contributed by atoms with Crippen molar-refractivity contribution in [2.75, 3.05) is 25.1 Å². The predicted molar refractivity (Wildman–Crippen MR) is 155 cm³/mol. The van der Waals surface area contributed by atoms with Gasteiger partial charge in [0.25, 0.3) is 5.91 Å². The van der Waals surface area contributed by atoms with Crippen LogP contribution in [-0.2, 0) is 27.4 Å². The number of rotatable bonds is 12. The van der Waals surface area contributed by atoms with Crippen LogP contribution in [-0.4, -0.2) is 75.9 Å². The number of nitriles is 1. The molecule has 3 aromatic rings. The number of hydrogen-bond acceptors (Lipinski definition) is 9. The van der Waals surface area contributed by atoms with Gasteiger partial charge in [0.05, 0.1) is 25.4 Å². The smallest absolute Gasteiger partial charge is 0.262 e. The van der Waals surface area contributed by atoms with E-state index < -0.39 is 30.5 Å². The molecule has 0 radical (unpaired) electrons. The first-order valence-electron chi connectivity index (χ1n) is 14.0. The SMILES string of the molecule is CCCN(CCC)c1ccc2cc(/C=C(\C#N)C(=O)NCc3cn(C[C@H]4O[C@H](OC)C[C@@H](O)[C@@H]4O)nn3)ccc2c1. The Morgan fingerprint density at radius 2 is 1.95 bits per heavy atom. The van der Waals surface area contributed by atoms with E-state index in [0.717, 1.165) is 42.3 Å². The van der Waals surface area contributed by atoms with Crippen molar-refractivity contribution in [3.05, 3.63) is 59.4 Å². The van der Waals surface area contributed by atoms with Crippen molar-refractivity contribution in [3.63, 3.8) is 0 Å². The molecule has 2 heterocycles. The van der Waals surface area contributed by atoms with Crippen molar-refractivity contribution in [1.82, 2.24) is 20.3 Å². The maximum atomic E-state index is 12.8. The molecule has 4 rings (SSSR count). The second-order valence-electron chi connectivity index (χ2n) is 10.2. The van der Waals surface area contributed by atoms with Gasteiger partial charge in [-0.15, -0.1) is 5.10 Å². The number of methoxy groups -OCH3 is 1. The lowest BCUT2D eigenvalue weighted by Crippen LogP contribution is -2.50. The summed E-state index contributed by atoms with van der Waals surface area (Å²) in [7, 11) is 1.47. The molecule has 1 fully saturated rings. The first-order chi connectivity index (χ1) is 19.8. The molecular formula is C30H38N6O5. The number of carbonyl (C=O) groups is 1. The largest absolute Gasteiger partial charge is 0.390 e. The van der Waals surface area contributed by atoms with Crippen LogP contribution in [0.2, 0.25) is 0 Å². The Hall–Kier alpha value is -3.82. The molecule has 3 N–H and O–H groups in total. The maximum Gasteiger partial charge on any atom is 0.262 e. The number of nitrogens with one attached hydrogen (secondary N) is 1. The normalized spacial score (nSPS) is 21.0. The molecule has 218 valence electrons. The van der Waals surface area contributed by atoms with Gasteiger partial charge in [0.15, 0.2) is 6.29 Å². The number of aliphatic hydroxyl groups is 2. The van der Waals surface area contributed by atoms with Crippen molar-refractivity contribution >= 4 is 28.4 Å². The molecule has 0 spiro atoms. The highest BCUT2D eigenvalue weighted by Crippen LogP contribution is 2.25. The highest BCUT2D eigenvalue weighted by Gasteiger charge is 2.37. The van der Waals surface area contributed by atoms with Crippen LogP contribution in [0.3, 0.4) is 0 Å². The van der Waals surface area contributed by atoms with Gasteiger partial charge in [-0.2, -0.15) is 5.26 Å². The van der Waals surface area contributed by atoms with E-state index in [0.29, 0.717) is 5.69 Å². The van der Waals surface area contributed by atoms with Crippen LogP contribution >= 0.6 is 0 Å². The highest BCUT2D eigenvalue weighted by molar-refractivity contribution is 6.02. The zero-order valence-electron chi connectivity index (χ0n) is 23.7. The third-order valence-corrected chi connectivity index (χ3v) is 7.06. The lowest BCUT2D eigenvalue weighted by atomic mass is 10.0. The van der Waals surface area contributed by atoms with Gasteiger partial charge < -0.3 is 29.9 Å². The van der Waals surface area contributed by atoms with Crippen LogP contribution in [0.5, 0.6) is 0 Å². The third kappa shape index (κ3) is 7.68. The molecule has 11 heteroatoms. The molecule has 0 aliphatic carbocycles. The Morgan fingerprint density at radius 3 is 2.66 bits per heavy atom. The average molecular weight is 563 g/mol. The molecule has 41 heavy (non-hydrogen) atoms. The van der Waals surface area contributed by atoms with Crippen molar-refractivity contribution < 1.29 is 24.5 Å². The second-order valence-corrected chi connectivity index (χ2v) is 10.2. The fourth-order valence-corrected chi connectivity index (χ4v) is 4.94. The van der Waals surface area contributed by atoms with Gasteiger partial charge in [-0.25, -0.2) is 4.68 Å². The van der Waals surface area contributed by atoms with E-state index in [2.05, 4.69) is 52.6 Å². The minimum absolute atomic E-state index is 0.0243. The standard InChI is InChI=1S/C30H38N6O5/c1-4-10-35(11-5-2)25-9-8-21-12-20(6-7-22(21)14-25)13-23(16-31)30(39)32-17-24-18-36(34-33-24)19-27-29(38)26(37)15-28(40-3)41-27/h6-9,12-14,18,26-29,37-38H,4-5,10-11,15,17,19H2,1-3H3,(H,32,39)/b23-13+/t26-,27-,28+,29+/m1/s1. The van der Waals surface area contributed by atoms with Crippen LogP contribution in [0.1, 0.15) is 44.4 Å². The van der Waals surface area contributed by atoms with E-state index in [9.17, 15) is 20.3 Å². The Morgan fingerprint density at radius 1 is 1.22 bits per heavy atom. The van der Waals surface area contributed by atoms with Crippen molar-refractivity contribution in [2.24, 2.45) is 0 Å². The van der Waals surface area contributed by atoms with E-state index >= 15 is 0 Å². The van der Waals surface area contributed by atoms with E-state index in [1.165, 1.54) is 17.5 Å². The summed E-state index contributed by atoms with van der Waals surface area (Å²) in [6.45, 7) is 6.57. The Bertz CT molecular complexity index is 1390. The fraction of sp³-hybridized carbons (Fsp3) is 0.467. The summed E-state index contributed by atoms with van der Waals surface area (Å²) in [5.41, 5.74) is 2.39. The summed E-state index contributed by atoms with van der Waals surface area (Å²) in [5, 5.41) is 42.8. The number of ether oxygens (including phenoxy) is 2. The number of fused-ring (bicyclic) bond motifs is 1. The van der Waals surface area contributed by atoms with E-state index in [4.69, 9.17) is 9.47 Å². The zero-order valence-corrected chi connectivity index (χ0v) is 23.7. The fourth-order valence-electron chi connectivity index (χ4n) is 4.94. The first-order valence-corrected chi connectivity index (χ1v) is 14.0. The van der Waals surface area contributed by atoms with Crippen molar-refractivity contribution in [2.45, 2.75) is 70.8 Å². The molecule has 0 saturated carbocycles. The number of amides is 1. The number of carbonyl (C=O) groups excluding carboxylic acids is 1. The molecular weight excluding hydrogens is 524 g/mol. The molecule has 1 aliphatic heterocycles. The van der Waals surface area contributed by atoms with Gasteiger partial charge in [0.2, 0.25) is 0 Å². The van der Waals surface area contributed by atoms with Gasteiger partial charge in [-0.3, -0.25) is 4.79 Å². The molecule has 1 saturated heterocycles. The van der Waals surface area contributed by atoms with Crippen molar-refractivity contribution in [3.8, 4) is 6.07 Å². The lowest BCUT2D eigenvalue weighted by molar-refractivity contribution is -0.245. The van der Waals surface area contributed by atoms with Crippen LogP contribution < -0.4 is 10.2 Å². The number of aliphatic hydroxyl groups excluding tert-OH is 2. The van der Waals surface area contributed by atoms with E-state index in [1.54, 1.807) is 12.3 Å². The number of aromatic nitrogens is 3.